The molecule has 1 saturated heterocycles. The second-order valence-electron chi connectivity index (χ2n) is 7.24. The third kappa shape index (κ3) is 3.10. The summed E-state index contributed by atoms with van der Waals surface area (Å²) in [6.07, 6.45) is 5.36. The lowest BCUT2D eigenvalue weighted by molar-refractivity contribution is -0.133. The molecular weight excluding hydrogens is 342 g/mol. The SMILES string of the molecule is CCC(=O)NC1(c2cncc(-c3ccc4c(c3)CCC(=O)N4C)c2)COC1. The first-order chi connectivity index (χ1) is 13.0. The Balaban J connectivity index is 1.67. The van der Waals surface area contributed by atoms with E-state index in [4.69, 9.17) is 4.74 Å². The molecule has 0 atom stereocenters. The predicted octanol–water partition coefficient (Wildman–Crippen LogP) is 2.41. The van der Waals surface area contributed by atoms with Gasteiger partial charge in [-0.15, -0.1) is 0 Å². The van der Waals surface area contributed by atoms with Gasteiger partial charge in [0.2, 0.25) is 11.8 Å². The van der Waals surface area contributed by atoms with Gasteiger partial charge in [0.05, 0.1) is 13.2 Å². The number of hydrogen-bond donors (Lipinski definition) is 1. The van der Waals surface area contributed by atoms with E-state index in [1.807, 2.05) is 32.3 Å². The Hall–Kier alpha value is -2.73. The summed E-state index contributed by atoms with van der Waals surface area (Å²) in [6, 6.07) is 8.22. The van der Waals surface area contributed by atoms with Gasteiger partial charge in [-0.25, -0.2) is 0 Å². The Morgan fingerprint density at radius 3 is 2.74 bits per heavy atom. The Morgan fingerprint density at radius 1 is 1.22 bits per heavy atom. The minimum atomic E-state index is -0.489. The molecule has 6 heteroatoms. The van der Waals surface area contributed by atoms with Crippen LogP contribution >= 0.6 is 0 Å². The second kappa shape index (κ2) is 6.78. The lowest BCUT2D eigenvalue weighted by atomic mass is 9.87. The number of amides is 2. The molecule has 1 N–H and O–H groups in total. The molecular formula is C21H23N3O3. The number of ether oxygens (including phenoxy) is 1. The maximum absolute atomic E-state index is 11.9. The van der Waals surface area contributed by atoms with Crippen LogP contribution in [0.4, 0.5) is 5.69 Å². The van der Waals surface area contributed by atoms with Gasteiger partial charge in [0.1, 0.15) is 5.54 Å². The average Bonchev–Trinajstić information content (AvgIpc) is 2.67. The maximum Gasteiger partial charge on any atom is 0.227 e. The Labute approximate surface area is 158 Å². The zero-order valence-electron chi connectivity index (χ0n) is 15.6. The number of aryl methyl sites for hydroxylation is 1. The third-order valence-electron chi connectivity index (χ3n) is 5.44. The topological polar surface area (TPSA) is 71.5 Å². The molecule has 0 bridgehead atoms. The first kappa shape index (κ1) is 17.7. The highest BCUT2D eigenvalue weighted by atomic mass is 16.5. The minimum absolute atomic E-state index is 0.00480. The van der Waals surface area contributed by atoms with Gasteiger partial charge in [-0.05, 0) is 35.7 Å². The van der Waals surface area contributed by atoms with Crippen LogP contribution in [-0.2, 0) is 26.3 Å². The number of carbonyl (C=O) groups excluding carboxylic acids is 2. The molecule has 0 radical (unpaired) electrons. The van der Waals surface area contributed by atoms with Gasteiger partial charge in [-0.2, -0.15) is 0 Å². The summed E-state index contributed by atoms with van der Waals surface area (Å²) in [6.45, 7) is 2.76. The van der Waals surface area contributed by atoms with E-state index in [1.54, 1.807) is 11.1 Å². The van der Waals surface area contributed by atoms with Crippen molar-refractivity contribution in [3.63, 3.8) is 0 Å². The van der Waals surface area contributed by atoms with Crippen LogP contribution in [0, 0.1) is 0 Å². The molecule has 27 heavy (non-hydrogen) atoms. The number of pyridine rings is 1. The number of nitrogens with zero attached hydrogens (tertiary/aromatic N) is 2. The van der Waals surface area contributed by atoms with Crippen molar-refractivity contribution in [3.8, 4) is 11.1 Å². The van der Waals surface area contributed by atoms with Crippen LogP contribution in [0.2, 0.25) is 0 Å². The number of aromatic nitrogens is 1. The lowest BCUT2D eigenvalue weighted by Gasteiger charge is -2.42. The zero-order valence-corrected chi connectivity index (χ0v) is 15.6. The van der Waals surface area contributed by atoms with Crippen molar-refractivity contribution in [2.24, 2.45) is 0 Å². The fraction of sp³-hybridized carbons (Fsp3) is 0.381. The number of nitrogens with one attached hydrogen (secondary N) is 1. The first-order valence-corrected chi connectivity index (χ1v) is 9.26. The van der Waals surface area contributed by atoms with Crippen molar-refractivity contribution in [3.05, 3.63) is 47.8 Å². The van der Waals surface area contributed by atoms with Crippen LogP contribution in [0.3, 0.4) is 0 Å². The molecule has 6 nitrogen and oxygen atoms in total. The lowest BCUT2D eigenvalue weighted by Crippen LogP contribution is -2.59. The fourth-order valence-corrected chi connectivity index (χ4v) is 3.67. The third-order valence-corrected chi connectivity index (χ3v) is 5.44. The van der Waals surface area contributed by atoms with E-state index in [-0.39, 0.29) is 11.8 Å². The van der Waals surface area contributed by atoms with Crippen molar-refractivity contribution < 1.29 is 14.3 Å². The summed E-state index contributed by atoms with van der Waals surface area (Å²) < 4.78 is 5.40. The molecule has 1 aromatic carbocycles. The van der Waals surface area contributed by atoms with Gasteiger partial charge in [0, 0.05) is 49.1 Å². The number of hydrogen-bond acceptors (Lipinski definition) is 4. The molecule has 0 aliphatic carbocycles. The fourth-order valence-electron chi connectivity index (χ4n) is 3.67. The van der Waals surface area contributed by atoms with E-state index in [9.17, 15) is 9.59 Å². The smallest absolute Gasteiger partial charge is 0.227 e. The summed E-state index contributed by atoms with van der Waals surface area (Å²) in [5, 5.41) is 3.09. The molecule has 3 heterocycles. The number of fused-ring (bicyclic) bond motifs is 1. The zero-order chi connectivity index (χ0) is 19.0. The van der Waals surface area contributed by atoms with Crippen molar-refractivity contribution in [2.45, 2.75) is 31.7 Å². The molecule has 140 valence electrons. The average molecular weight is 365 g/mol. The van der Waals surface area contributed by atoms with E-state index < -0.39 is 5.54 Å². The maximum atomic E-state index is 11.9. The molecule has 2 amide bonds. The number of benzene rings is 1. The van der Waals surface area contributed by atoms with E-state index in [2.05, 4.69) is 22.4 Å². The number of anilines is 1. The van der Waals surface area contributed by atoms with Crippen molar-refractivity contribution in [1.82, 2.24) is 10.3 Å². The molecule has 1 aromatic heterocycles. The van der Waals surface area contributed by atoms with E-state index in [1.165, 1.54) is 5.56 Å². The quantitative estimate of drug-likeness (QED) is 0.903. The Kier molecular flexibility index (Phi) is 4.44. The molecule has 1 fully saturated rings. The minimum Gasteiger partial charge on any atom is -0.376 e. The van der Waals surface area contributed by atoms with Crippen molar-refractivity contribution >= 4 is 17.5 Å². The predicted molar refractivity (Wildman–Crippen MR) is 102 cm³/mol. The van der Waals surface area contributed by atoms with Crippen LogP contribution in [0.25, 0.3) is 11.1 Å². The second-order valence-corrected chi connectivity index (χ2v) is 7.24. The van der Waals surface area contributed by atoms with Gasteiger partial charge < -0.3 is 15.0 Å². The highest BCUT2D eigenvalue weighted by Crippen LogP contribution is 2.34. The number of rotatable bonds is 4. The van der Waals surface area contributed by atoms with Crippen molar-refractivity contribution in [1.29, 1.82) is 0 Å². The molecule has 2 aliphatic heterocycles. The van der Waals surface area contributed by atoms with Gasteiger partial charge in [0.15, 0.2) is 0 Å². The summed E-state index contributed by atoms with van der Waals surface area (Å²) in [5.41, 5.74) is 4.66. The highest BCUT2D eigenvalue weighted by Gasteiger charge is 2.42. The van der Waals surface area contributed by atoms with Crippen LogP contribution < -0.4 is 10.2 Å². The van der Waals surface area contributed by atoms with Crippen LogP contribution in [-0.4, -0.2) is 37.1 Å². The highest BCUT2D eigenvalue weighted by molar-refractivity contribution is 5.96. The van der Waals surface area contributed by atoms with E-state index >= 15 is 0 Å². The van der Waals surface area contributed by atoms with Crippen LogP contribution in [0.15, 0.2) is 36.7 Å². The van der Waals surface area contributed by atoms with Crippen LogP contribution in [0.1, 0.15) is 30.9 Å². The van der Waals surface area contributed by atoms with Gasteiger partial charge in [-0.3, -0.25) is 14.6 Å². The summed E-state index contributed by atoms with van der Waals surface area (Å²) >= 11 is 0. The first-order valence-electron chi connectivity index (χ1n) is 9.26. The largest absolute Gasteiger partial charge is 0.376 e. The molecule has 2 aromatic rings. The Morgan fingerprint density at radius 2 is 2.04 bits per heavy atom. The number of carbonyl (C=O) groups is 2. The van der Waals surface area contributed by atoms with Gasteiger partial charge in [0.25, 0.3) is 0 Å². The molecule has 0 spiro atoms. The molecule has 0 saturated carbocycles. The van der Waals surface area contributed by atoms with Crippen LogP contribution in [0.5, 0.6) is 0 Å². The summed E-state index contributed by atoms with van der Waals surface area (Å²) in [7, 11) is 1.82. The summed E-state index contributed by atoms with van der Waals surface area (Å²) in [4.78, 5) is 30.0. The van der Waals surface area contributed by atoms with Gasteiger partial charge >= 0.3 is 0 Å². The standard InChI is InChI=1S/C21H23N3O3/c1-3-19(25)23-21(12-27-13-21)17-9-16(10-22-11-17)14-4-6-18-15(8-14)5-7-20(26)24(18)2/h4,6,8-11H,3,5,7,12-13H2,1-2H3,(H,23,25). The van der Waals surface area contributed by atoms with E-state index in [0.29, 0.717) is 26.1 Å². The molecule has 2 aliphatic rings. The normalized spacial score (nSPS) is 17.9. The van der Waals surface area contributed by atoms with Gasteiger partial charge in [-0.1, -0.05) is 13.0 Å². The summed E-state index contributed by atoms with van der Waals surface area (Å²) in [5.74, 6) is 0.155. The monoisotopic (exact) mass is 365 g/mol. The Bertz CT molecular complexity index is 905. The van der Waals surface area contributed by atoms with E-state index in [0.717, 1.165) is 28.8 Å². The molecule has 4 rings (SSSR count). The molecule has 0 unspecified atom stereocenters. The van der Waals surface area contributed by atoms with Crippen molar-refractivity contribution in [2.75, 3.05) is 25.2 Å².